The summed E-state index contributed by atoms with van der Waals surface area (Å²) in [6.07, 6.45) is 2.57. The van der Waals surface area contributed by atoms with Crippen molar-refractivity contribution in [3.8, 4) is 11.5 Å². The minimum absolute atomic E-state index is 0.0296. The minimum Gasteiger partial charge on any atom is -0.493 e. The van der Waals surface area contributed by atoms with E-state index in [1.807, 2.05) is 18.2 Å². The number of carbonyl (C=O) groups is 1. The highest BCUT2D eigenvalue weighted by Crippen LogP contribution is 2.33. The third kappa shape index (κ3) is 4.27. The molecule has 2 rings (SSSR count). The number of nitrogens with one attached hydrogen (secondary N) is 1. The monoisotopic (exact) mass is 367 g/mol. The molecule has 0 aliphatic heterocycles. The first-order valence-corrected chi connectivity index (χ1v) is 7.62. The van der Waals surface area contributed by atoms with Crippen molar-refractivity contribution < 1.29 is 18.7 Å². The number of furan rings is 1. The molecule has 1 N–H and O–H groups in total. The number of hydrogen-bond donors (Lipinski definition) is 1. The van der Waals surface area contributed by atoms with Crippen LogP contribution in [0.1, 0.15) is 17.7 Å². The van der Waals surface area contributed by atoms with Crippen molar-refractivity contribution in [1.82, 2.24) is 5.32 Å². The predicted molar refractivity (Wildman–Crippen MR) is 86.1 cm³/mol. The fourth-order valence-electron chi connectivity index (χ4n) is 2.02. The van der Waals surface area contributed by atoms with E-state index in [1.165, 1.54) is 0 Å². The highest BCUT2D eigenvalue weighted by molar-refractivity contribution is 9.10. The van der Waals surface area contributed by atoms with Gasteiger partial charge in [-0.3, -0.25) is 4.79 Å². The lowest BCUT2D eigenvalue weighted by Crippen LogP contribution is -2.22. The number of halogens is 1. The molecule has 1 heterocycles. The lowest BCUT2D eigenvalue weighted by Gasteiger charge is -2.12. The molecular weight excluding hydrogens is 350 g/mol. The van der Waals surface area contributed by atoms with Crippen LogP contribution in [0.2, 0.25) is 0 Å². The van der Waals surface area contributed by atoms with Crippen LogP contribution in [0.15, 0.2) is 39.4 Å². The van der Waals surface area contributed by atoms with Gasteiger partial charge in [-0.05, 0) is 36.2 Å². The molecule has 1 aromatic heterocycles. The van der Waals surface area contributed by atoms with E-state index in [1.54, 1.807) is 26.5 Å². The van der Waals surface area contributed by atoms with Gasteiger partial charge < -0.3 is 19.2 Å². The molecule has 0 bridgehead atoms. The molecule has 0 unspecified atom stereocenters. The minimum atomic E-state index is -0.0296. The molecule has 0 saturated carbocycles. The number of aryl methyl sites for hydroxylation is 1. The quantitative estimate of drug-likeness (QED) is 0.815. The average Bonchev–Trinajstić information content (AvgIpc) is 3.04. The Bertz CT molecular complexity index is 625. The van der Waals surface area contributed by atoms with Gasteiger partial charge in [0.25, 0.3) is 0 Å². The van der Waals surface area contributed by atoms with Gasteiger partial charge in [0.15, 0.2) is 11.5 Å². The first-order chi connectivity index (χ1) is 10.6. The number of rotatable bonds is 7. The topological polar surface area (TPSA) is 60.7 Å². The van der Waals surface area contributed by atoms with E-state index in [0.29, 0.717) is 30.9 Å². The first-order valence-electron chi connectivity index (χ1n) is 6.83. The maximum atomic E-state index is 11.9. The van der Waals surface area contributed by atoms with Gasteiger partial charge in [-0.2, -0.15) is 0 Å². The SMILES string of the molecule is COc1cc(Br)c(CCC(=O)NCc2ccco2)cc1OC. The fourth-order valence-corrected chi connectivity index (χ4v) is 2.54. The van der Waals surface area contributed by atoms with E-state index in [-0.39, 0.29) is 5.91 Å². The molecule has 0 radical (unpaired) electrons. The Morgan fingerprint density at radius 3 is 2.64 bits per heavy atom. The van der Waals surface area contributed by atoms with Crippen molar-refractivity contribution in [2.24, 2.45) is 0 Å². The second-order valence-corrected chi connectivity index (χ2v) is 5.51. The summed E-state index contributed by atoms with van der Waals surface area (Å²) in [5.74, 6) is 2.01. The van der Waals surface area contributed by atoms with Gasteiger partial charge in [0.2, 0.25) is 5.91 Å². The number of hydrogen-bond acceptors (Lipinski definition) is 4. The molecule has 2 aromatic rings. The van der Waals surface area contributed by atoms with Crippen LogP contribution in [0.25, 0.3) is 0 Å². The highest BCUT2D eigenvalue weighted by atomic mass is 79.9. The summed E-state index contributed by atoms with van der Waals surface area (Å²) in [5, 5.41) is 2.82. The predicted octanol–water partition coefficient (Wildman–Crippen LogP) is 3.31. The van der Waals surface area contributed by atoms with Crippen molar-refractivity contribution in [1.29, 1.82) is 0 Å². The molecule has 0 atom stereocenters. The second kappa shape index (κ2) is 7.89. The zero-order valence-electron chi connectivity index (χ0n) is 12.5. The molecule has 6 heteroatoms. The highest BCUT2D eigenvalue weighted by Gasteiger charge is 2.11. The summed E-state index contributed by atoms with van der Waals surface area (Å²) in [6.45, 7) is 0.402. The molecule has 0 saturated heterocycles. The zero-order valence-corrected chi connectivity index (χ0v) is 14.1. The fraction of sp³-hybridized carbons (Fsp3) is 0.312. The van der Waals surface area contributed by atoms with Gasteiger partial charge in [-0.25, -0.2) is 0 Å². The zero-order chi connectivity index (χ0) is 15.9. The van der Waals surface area contributed by atoms with Crippen LogP contribution < -0.4 is 14.8 Å². The van der Waals surface area contributed by atoms with E-state index in [2.05, 4.69) is 21.2 Å². The van der Waals surface area contributed by atoms with Crippen molar-refractivity contribution in [2.75, 3.05) is 14.2 Å². The van der Waals surface area contributed by atoms with Crippen LogP contribution in [0.4, 0.5) is 0 Å². The van der Waals surface area contributed by atoms with Crippen molar-refractivity contribution in [3.05, 3.63) is 46.3 Å². The number of benzene rings is 1. The van der Waals surface area contributed by atoms with Gasteiger partial charge in [0.05, 0.1) is 27.0 Å². The normalized spacial score (nSPS) is 10.3. The average molecular weight is 368 g/mol. The van der Waals surface area contributed by atoms with Crippen molar-refractivity contribution in [3.63, 3.8) is 0 Å². The summed E-state index contributed by atoms with van der Waals surface area (Å²) < 4.78 is 16.6. The van der Waals surface area contributed by atoms with E-state index >= 15 is 0 Å². The second-order valence-electron chi connectivity index (χ2n) is 4.65. The molecule has 0 aliphatic rings. The van der Waals surface area contributed by atoms with Gasteiger partial charge in [0, 0.05) is 10.9 Å². The molecule has 0 fully saturated rings. The largest absolute Gasteiger partial charge is 0.493 e. The van der Waals surface area contributed by atoms with Gasteiger partial charge in [-0.15, -0.1) is 0 Å². The van der Waals surface area contributed by atoms with Gasteiger partial charge in [-0.1, -0.05) is 15.9 Å². The van der Waals surface area contributed by atoms with Gasteiger partial charge >= 0.3 is 0 Å². The number of ether oxygens (including phenoxy) is 2. The Balaban J connectivity index is 1.91. The number of methoxy groups -OCH3 is 2. The standard InChI is InChI=1S/C16H18BrNO4/c1-20-14-8-11(13(17)9-15(14)21-2)5-6-16(19)18-10-12-4-3-7-22-12/h3-4,7-9H,5-6,10H2,1-2H3,(H,18,19). The van der Waals surface area contributed by atoms with E-state index in [4.69, 9.17) is 13.9 Å². The molecule has 0 spiro atoms. The molecule has 1 amide bonds. The van der Waals surface area contributed by atoms with Gasteiger partial charge in [0.1, 0.15) is 5.76 Å². The van der Waals surface area contributed by atoms with Crippen LogP contribution >= 0.6 is 15.9 Å². The Morgan fingerprint density at radius 2 is 2.00 bits per heavy atom. The third-order valence-electron chi connectivity index (χ3n) is 3.21. The maximum absolute atomic E-state index is 11.9. The summed E-state index contributed by atoms with van der Waals surface area (Å²) in [7, 11) is 3.18. The van der Waals surface area contributed by atoms with Crippen molar-refractivity contribution in [2.45, 2.75) is 19.4 Å². The van der Waals surface area contributed by atoms with Crippen LogP contribution in [-0.4, -0.2) is 20.1 Å². The number of amides is 1. The van der Waals surface area contributed by atoms with Crippen LogP contribution in [0, 0.1) is 0 Å². The van der Waals surface area contributed by atoms with Crippen LogP contribution in [0.5, 0.6) is 11.5 Å². The van der Waals surface area contributed by atoms with E-state index < -0.39 is 0 Å². The summed E-state index contributed by atoms with van der Waals surface area (Å²) in [4.78, 5) is 11.9. The maximum Gasteiger partial charge on any atom is 0.220 e. The summed E-state index contributed by atoms with van der Waals surface area (Å²) >= 11 is 3.49. The Hall–Kier alpha value is -1.95. The van der Waals surface area contributed by atoms with E-state index in [9.17, 15) is 4.79 Å². The molecule has 118 valence electrons. The van der Waals surface area contributed by atoms with Crippen LogP contribution in [0.3, 0.4) is 0 Å². The Morgan fingerprint density at radius 1 is 1.27 bits per heavy atom. The summed E-state index contributed by atoms with van der Waals surface area (Å²) in [5.41, 5.74) is 0.991. The Labute approximate surface area is 137 Å². The third-order valence-corrected chi connectivity index (χ3v) is 3.95. The summed E-state index contributed by atoms with van der Waals surface area (Å²) in [6, 6.07) is 7.34. The Kier molecular flexibility index (Phi) is 5.89. The van der Waals surface area contributed by atoms with Crippen molar-refractivity contribution >= 4 is 21.8 Å². The molecular formula is C16H18BrNO4. The smallest absolute Gasteiger partial charge is 0.220 e. The lowest BCUT2D eigenvalue weighted by molar-refractivity contribution is -0.121. The van der Waals surface area contributed by atoms with E-state index in [0.717, 1.165) is 15.8 Å². The number of carbonyl (C=O) groups excluding carboxylic acids is 1. The first kappa shape index (κ1) is 16.4. The molecule has 1 aromatic carbocycles. The van der Waals surface area contributed by atoms with Crippen LogP contribution in [-0.2, 0) is 17.8 Å². The lowest BCUT2D eigenvalue weighted by atomic mass is 10.1. The molecule has 0 aliphatic carbocycles. The molecule has 5 nitrogen and oxygen atoms in total. The molecule has 22 heavy (non-hydrogen) atoms.